The molecule has 0 aromatic carbocycles. The normalized spacial score (nSPS) is 34.7. The van der Waals surface area contributed by atoms with Crippen molar-refractivity contribution in [3.63, 3.8) is 0 Å². The molecule has 0 radical (unpaired) electrons. The Balaban J connectivity index is 1.86. The molecule has 0 aromatic heterocycles. The Labute approximate surface area is 107 Å². The maximum atomic E-state index is 11.9. The molecule has 2 N–H and O–H groups in total. The lowest BCUT2D eigenvalue weighted by Crippen LogP contribution is -2.68. The van der Waals surface area contributed by atoms with Gasteiger partial charge < -0.3 is 15.3 Å². The van der Waals surface area contributed by atoms with Gasteiger partial charge in [0, 0.05) is 0 Å². The highest BCUT2D eigenvalue weighted by molar-refractivity contribution is 8.01. The van der Waals surface area contributed by atoms with E-state index in [1.807, 2.05) is 13.8 Å². The van der Waals surface area contributed by atoms with Crippen LogP contribution in [-0.2, 0) is 4.79 Å². The number of aliphatic hydroxyl groups excluding tert-OH is 1. The number of hydrogen-bond donors (Lipinski definition) is 2. The average Bonchev–Trinajstić information content (AvgIpc) is 2.47. The largest absolute Gasteiger partial charge is 0.372 e. The van der Waals surface area contributed by atoms with Crippen LogP contribution in [0.4, 0.5) is 0 Å². The van der Waals surface area contributed by atoms with Gasteiger partial charge in [-0.1, -0.05) is 19.8 Å². The first-order valence-electron chi connectivity index (χ1n) is 6.40. The van der Waals surface area contributed by atoms with E-state index in [1.165, 1.54) is 12.8 Å². The predicted molar refractivity (Wildman–Crippen MR) is 69.6 cm³/mol. The van der Waals surface area contributed by atoms with E-state index >= 15 is 0 Å². The first kappa shape index (κ1) is 13.2. The summed E-state index contributed by atoms with van der Waals surface area (Å²) in [7, 11) is 0. The minimum absolute atomic E-state index is 0.0528. The molecule has 98 valence electrons. The van der Waals surface area contributed by atoms with E-state index in [0.29, 0.717) is 0 Å². The fourth-order valence-electron chi connectivity index (χ4n) is 2.40. The molecule has 0 spiro atoms. The molecule has 2 rings (SSSR count). The fourth-order valence-corrected chi connectivity index (χ4v) is 3.94. The van der Waals surface area contributed by atoms with E-state index in [-0.39, 0.29) is 22.1 Å². The zero-order chi connectivity index (χ0) is 12.6. The summed E-state index contributed by atoms with van der Waals surface area (Å²) in [5, 5.41) is 13.4. The summed E-state index contributed by atoms with van der Waals surface area (Å²) in [6, 6.07) is -0.0896. The molecule has 0 aromatic rings. The van der Waals surface area contributed by atoms with Crippen molar-refractivity contribution in [3.8, 4) is 0 Å². The lowest BCUT2D eigenvalue weighted by Gasteiger charge is -2.43. The van der Waals surface area contributed by atoms with Crippen molar-refractivity contribution in [2.75, 3.05) is 6.54 Å². The van der Waals surface area contributed by atoms with Crippen molar-refractivity contribution in [3.05, 3.63) is 0 Å². The highest BCUT2D eigenvalue weighted by atomic mass is 32.2. The van der Waals surface area contributed by atoms with E-state index in [4.69, 9.17) is 0 Å². The zero-order valence-electron chi connectivity index (χ0n) is 10.8. The molecular weight excluding hydrogens is 236 g/mol. The van der Waals surface area contributed by atoms with Gasteiger partial charge in [-0.05, 0) is 26.8 Å². The van der Waals surface area contributed by atoms with Crippen molar-refractivity contribution >= 4 is 17.7 Å². The van der Waals surface area contributed by atoms with Gasteiger partial charge >= 0.3 is 0 Å². The molecule has 3 atom stereocenters. The Morgan fingerprint density at radius 2 is 2.18 bits per heavy atom. The van der Waals surface area contributed by atoms with E-state index in [2.05, 4.69) is 12.2 Å². The number of thioether (sulfide) groups is 1. The molecule has 2 heterocycles. The van der Waals surface area contributed by atoms with Gasteiger partial charge in [-0.2, -0.15) is 0 Å². The summed E-state index contributed by atoms with van der Waals surface area (Å²) >= 11 is 1.69. The molecular formula is C12H22N2O2S. The summed E-state index contributed by atoms with van der Waals surface area (Å²) in [5.41, 5.74) is 0. The molecule has 4 nitrogen and oxygen atoms in total. The van der Waals surface area contributed by atoms with Crippen LogP contribution in [0, 0.1) is 0 Å². The Morgan fingerprint density at radius 1 is 1.47 bits per heavy atom. The smallest absolute Gasteiger partial charge is 0.245 e. The minimum atomic E-state index is -0.640. The highest BCUT2D eigenvalue weighted by Gasteiger charge is 2.60. The van der Waals surface area contributed by atoms with Crippen molar-refractivity contribution in [2.24, 2.45) is 0 Å². The lowest BCUT2D eigenvalue weighted by atomic mass is 10.0. The van der Waals surface area contributed by atoms with Crippen LogP contribution >= 0.6 is 11.8 Å². The summed E-state index contributed by atoms with van der Waals surface area (Å²) < 4.78 is -0.250. The molecule has 5 heteroatoms. The third kappa shape index (κ3) is 2.20. The van der Waals surface area contributed by atoms with Gasteiger partial charge in [-0.15, -0.1) is 11.8 Å². The van der Waals surface area contributed by atoms with E-state index in [0.717, 1.165) is 13.0 Å². The van der Waals surface area contributed by atoms with E-state index < -0.39 is 6.23 Å². The number of rotatable bonds is 5. The summed E-state index contributed by atoms with van der Waals surface area (Å²) in [6.45, 7) is 7.04. The maximum Gasteiger partial charge on any atom is 0.245 e. The number of β-lactam (4-membered cyclic amide) rings is 1. The topological polar surface area (TPSA) is 52.6 Å². The molecule has 0 bridgehead atoms. The number of carbonyl (C=O) groups excluding carboxylic acids is 1. The molecule has 2 saturated heterocycles. The van der Waals surface area contributed by atoms with Gasteiger partial charge in [0.15, 0.2) is 0 Å². The highest BCUT2D eigenvalue weighted by Crippen LogP contribution is 2.49. The second kappa shape index (κ2) is 4.78. The Bertz CT molecular complexity index is 309. The molecule has 2 fully saturated rings. The molecule has 2 unspecified atom stereocenters. The summed E-state index contributed by atoms with van der Waals surface area (Å²) in [5.74, 6) is 0.0528. The molecule has 17 heavy (non-hydrogen) atoms. The van der Waals surface area contributed by atoms with Crippen LogP contribution < -0.4 is 5.32 Å². The van der Waals surface area contributed by atoms with Crippen LogP contribution in [0.2, 0.25) is 0 Å². The standard InChI is InChI=1S/C12H22N2O2S/c1-4-5-6-7-13-8-9(15)14-10(8)17-12(2,3)11(14)16/h8,10-11,13,16H,4-7H2,1-3H3/t8?,10-,11?/m0/s1. The molecule has 0 aliphatic carbocycles. The number of amides is 1. The average molecular weight is 258 g/mol. The number of nitrogens with one attached hydrogen (secondary N) is 1. The fraction of sp³-hybridized carbons (Fsp3) is 0.917. The van der Waals surface area contributed by atoms with Crippen LogP contribution in [0.25, 0.3) is 0 Å². The second-order valence-electron chi connectivity index (χ2n) is 5.37. The van der Waals surface area contributed by atoms with Crippen LogP contribution in [0.1, 0.15) is 40.0 Å². The molecule has 1 amide bonds. The van der Waals surface area contributed by atoms with Crippen molar-refractivity contribution in [1.82, 2.24) is 10.2 Å². The number of fused-ring (bicyclic) bond motifs is 1. The monoisotopic (exact) mass is 258 g/mol. The first-order chi connectivity index (χ1) is 7.99. The van der Waals surface area contributed by atoms with Crippen LogP contribution in [0.15, 0.2) is 0 Å². The Kier molecular flexibility index (Phi) is 3.71. The maximum absolute atomic E-state index is 11.9. The van der Waals surface area contributed by atoms with E-state index in [1.54, 1.807) is 16.7 Å². The third-order valence-electron chi connectivity index (χ3n) is 3.53. The van der Waals surface area contributed by atoms with Crippen LogP contribution in [0.3, 0.4) is 0 Å². The number of unbranched alkanes of at least 4 members (excludes halogenated alkanes) is 2. The van der Waals surface area contributed by atoms with Gasteiger partial charge in [-0.25, -0.2) is 0 Å². The predicted octanol–water partition coefficient (Wildman–Crippen LogP) is 1.15. The van der Waals surface area contributed by atoms with Gasteiger partial charge in [0.25, 0.3) is 0 Å². The number of nitrogens with zero attached hydrogens (tertiary/aromatic N) is 1. The summed E-state index contributed by atoms with van der Waals surface area (Å²) in [4.78, 5) is 13.5. The molecule has 2 aliphatic rings. The van der Waals surface area contributed by atoms with Crippen LogP contribution in [-0.4, -0.2) is 44.8 Å². The van der Waals surface area contributed by atoms with Gasteiger partial charge in [0.05, 0.1) is 4.75 Å². The SMILES string of the molecule is CCCCCNC1C(=O)N2C(O)C(C)(C)S[C@@H]12. The Hall–Kier alpha value is -0.260. The Morgan fingerprint density at radius 3 is 2.82 bits per heavy atom. The lowest BCUT2D eigenvalue weighted by molar-refractivity contribution is -0.160. The number of carbonyl (C=O) groups is 1. The van der Waals surface area contributed by atoms with Crippen LogP contribution in [0.5, 0.6) is 0 Å². The van der Waals surface area contributed by atoms with Crippen molar-refractivity contribution in [2.45, 2.75) is 62.4 Å². The number of hydrogen-bond acceptors (Lipinski definition) is 4. The third-order valence-corrected chi connectivity index (χ3v) is 5.09. The zero-order valence-corrected chi connectivity index (χ0v) is 11.6. The van der Waals surface area contributed by atoms with Gasteiger partial charge in [-0.3, -0.25) is 4.79 Å². The van der Waals surface area contributed by atoms with E-state index in [9.17, 15) is 9.90 Å². The molecule has 2 aliphatic heterocycles. The van der Waals surface area contributed by atoms with Crippen molar-refractivity contribution < 1.29 is 9.90 Å². The first-order valence-corrected chi connectivity index (χ1v) is 7.28. The second-order valence-corrected chi connectivity index (χ2v) is 7.14. The van der Waals surface area contributed by atoms with Crippen molar-refractivity contribution in [1.29, 1.82) is 0 Å². The summed E-state index contributed by atoms with van der Waals surface area (Å²) in [6.07, 6.45) is 2.86. The quantitative estimate of drug-likeness (QED) is 0.574. The minimum Gasteiger partial charge on any atom is -0.372 e. The van der Waals surface area contributed by atoms with Gasteiger partial charge in [0.2, 0.25) is 5.91 Å². The number of aliphatic hydroxyl groups is 1. The molecule has 0 saturated carbocycles. The van der Waals surface area contributed by atoms with Gasteiger partial charge in [0.1, 0.15) is 17.6 Å².